The number of nitrogens with one attached hydrogen (secondary N) is 2. The van der Waals surface area contributed by atoms with Gasteiger partial charge in [-0.1, -0.05) is 30.2 Å². The summed E-state index contributed by atoms with van der Waals surface area (Å²) in [6.45, 7) is 0.628. The lowest BCUT2D eigenvalue weighted by Gasteiger charge is -2.10. The number of halogens is 1. The molecule has 0 saturated heterocycles. The van der Waals surface area contributed by atoms with Gasteiger partial charge in [-0.2, -0.15) is 5.10 Å². The summed E-state index contributed by atoms with van der Waals surface area (Å²) in [4.78, 5) is 13.7. The Morgan fingerprint density at radius 2 is 1.97 bits per heavy atom. The summed E-state index contributed by atoms with van der Waals surface area (Å²) < 4.78 is 6.87. The van der Waals surface area contributed by atoms with Crippen molar-refractivity contribution in [3.8, 4) is 0 Å². The van der Waals surface area contributed by atoms with E-state index >= 15 is 0 Å². The average molecular weight is 475 g/mol. The maximum absolute atomic E-state index is 12.5. The number of fused-ring (bicyclic) bond motifs is 1. The van der Waals surface area contributed by atoms with Crippen molar-refractivity contribution in [3.05, 3.63) is 63.1 Å². The summed E-state index contributed by atoms with van der Waals surface area (Å²) in [6, 6.07) is 9.52. The molecule has 0 radical (unpaired) electrons. The molecule has 4 rings (SSSR count). The zero-order valence-corrected chi connectivity index (χ0v) is 19.5. The van der Waals surface area contributed by atoms with Crippen LogP contribution >= 0.6 is 35.2 Å². The number of nitrogens with zero attached hydrogens (tertiary/aromatic N) is 2. The number of benzene rings is 1. The topological polar surface area (TPSA) is 68.2 Å². The smallest absolute Gasteiger partial charge is 0.341 e. The van der Waals surface area contributed by atoms with Crippen LogP contribution in [0.4, 0.5) is 10.8 Å². The van der Waals surface area contributed by atoms with Gasteiger partial charge in [0, 0.05) is 22.2 Å². The molecule has 0 spiro atoms. The van der Waals surface area contributed by atoms with E-state index in [4.69, 9.17) is 28.6 Å². The number of ether oxygens (including phenoxy) is 1. The molecule has 31 heavy (non-hydrogen) atoms. The molecule has 0 unspecified atom stereocenters. The van der Waals surface area contributed by atoms with Crippen molar-refractivity contribution in [2.75, 3.05) is 17.7 Å². The van der Waals surface area contributed by atoms with E-state index in [1.807, 2.05) is 41.2 Å². The maximum atomic E-state index is 12.5. The first-order chi connectivity index (χ1) is 15.0. The van der Waals surface area contributed by atoms with E-state index in [2.05, 4.69) is 15.7 Å². The Kier molecular flexibility index (Phi) is 6.89. The predicted molar refractivity (Wildman–Crippen MR) is 130 cm³/mol. The number of rotatable bonds is 5. The number of hydrogen-bond donors (Lipinski definition) is 2. The average Bonchev–Trinajstić information content (AvgIpc) is 3.25. The molecular formula is C22H23ClN4O2S2. The van der Waals surface area contributed by atoms with Crippen LogP contribution in [0.15, 0.2) is 36.5 Å². The highest BCUT2D eigenvalue weighted by molar-refractivity contribution is 7.80. The molecule has 0 fully saturated rings. The van der Waals surface area contributed by atoms with Gasteiger partial charge in [0.15, 0.2) is 10.9 Å². The molecule has 2 heterocycles. The largest absolute Gasteiger partial charge is 0.465 e. The van der Waals surface area contributed by atoms with E-state index < -0.39 is 0 Å². The van der Waals surface area contributed by atoms with Crippen molar-refractivity contribution < 1.29 is 9.53 Å². The van der Waals surface area contributed by atoms with Gasteiger partial charge < -0.3 is 15.4 Å². The van der Waals surface area contributed by atoms with Crippen molar-refractivity contribution in [1.82, 2.24) is 9.78 Å². The molecule has 3 aromatic rings. The normalized spacial score (nSPS) is 13.2. The zero-order chi connectivity index (χ0) is 21.8. The second-order valence-electron chi connectivity index (χ2n) is 7.36. The lowest BCUT2D eigenvalue weighted by Crippen LogP contribution is -2.20. The number of anilines is 2. The molecule has 0 amide bonds. The van der Waals surface area contributed by atoms with E-state index in [0.717, 1.165) is 41.8 Å². The molecule has 2 N–H and O–H groups in total. The first-order valence-corrected chi connectivity index (χ1v) is 11.7. The number of hydrogen-bond acceptors (Lipinski definition) is 5. The van der Waals surface area contributed by atoms with Crippen LogP contribution in [0.3, 0.4) is 0 Å². The number of thiocarbonyl (C=S) groups is 1. The fourth-order valence-electron chi connectivity index (χ4n) is 3.69. The van der Waals surface area contributed by atoms with E-state index in [9.17, 15) is 4.79 Å². The Morgan fingerprint density at radius 1 is 1.19 bits per heavy atom. The minimum Gasteiger partial charge on any atom is -0.465 e. The number of aromatic nitrogens is 2. The monoisotopic (exact) mass is 474 g/mol. The molecule has 9 heteroatoms. The molecule has 1 aliphatic rings. The number of methoxy groups -OCH3 is 1. The van der Waals surface area contributed by atoms with Crippen LogP contribution < -0.4 is 10.6 Å². The van der Waals surface area contributed by atoms with E-state index in [-0.39, 0.29) is 5.97 Å². The summed E-state index contributed by atoms with van der Waals surface area (Å²) in [5.41, 5.74) is 2.82. The number of esters is 1. The number of carbonyl (C=O) groups excluding carboxylic acids is 1. The lowest BCUT2D eigenvalue weighted by atomic mass is 10.1. The highest BCUT2D eigenvalue weighted by atomic mass is 35.5. The van der Waals surface area contributed by atoms with Crippen LogP contribution in [0, 0.1) is 0 Å². The van der Waals surface area contributed by atoms with Crippen LogP contribution in [0.2, 0.25) is 5.02 Å². The SMILES string of the molecule is COC(=O)c1c(NC(=S)Nc2ccn(Cc3ccc(Cl)cc3)n2)sc2c1CCCCC2. The van der Waals surface area contributed by atoms with Crippen molar-refractivity contribution in [3.63, 3.8) is 0 Å². The minimum atomic E-state index is -0.322. The van der Waals surface area contributed by atoms with Gasteiger partial charge in [-0.25, -0.2) is 4.79 Å². The van der Waals surface area contributed by atoms with Crippen LogP contribution in [0.5, 0.6) is 0 Å². The van der Waals surface area contributed by atoms with Crippen LogP contribution in [-0.4, -0.2) is 28.0 Å². The van der Waals surface area contributed by atoms with Gasteiger partial charge in [-0.15, -0.1) is 11.3 Å². The molecule has 0 aliphatic heterocycles. The first kappa shape index (κ1) is 21.8. The van der Waals surface area contributed by atoms with E-state index in [1.54, 1.807) is 11.3 Å². The Balaban J connectivity index is 1.45. The third kappa shape index (κ3) is 5.26. The Hall–Kier alpha value is -2.42. The quantitative estimate of drug-likeness (QED) is 0.288. The molecule has 0 atom stereocenters. The van der Waals surface area contributed by atoms with Gasteiger partial charge in [0.25, 0.3) is 0 Å². The van der Waals surface area contributed by atoms with E-state index in [1.165, 1.54) is 18.4 Å². The molecule has 1 aliphatic carbocycles. The third-order valence-electron chi connectivity index (χ3n) is 5.18. The van der Waals surface area contributed by atoms with Crippen molar-refractivity contribution >= 4 is 57.1 Å². The summed E-state index contributed by atoms with van der Waals surface area (Å²) in [5, 5.41) is 12.6. The van der Waals surface area contributed by atoms with Gasteiger partial charge in [-0.05, 0) is 61.2 Å². The maximum Gasteiger partial charge on any atom is 0.341 e. The van der Waals surface area contributed by atoms with Crippen molar-refractivity contribution in [2.45, 2.75) is 38.6 Å². The Bertz CT molecular complexity index is 1090. The molecule has 0 bridgehead atoms. The second-order valence-corrected chi connectivity index (χ2v) is 9.31. The highest BCUT2D eigenvalue weighted by Gasteiger charge is 2.25. The van der Waals surface area contributed by atoms with E-state index in [0.29, 0.717) is 28.1 Å². The van der Waals surface area contributed by atoms with Crippen molar-refractivity contribution in [1.29, 1.82) is 0 Å². The third-order valence-corrected chi connectivity index (χ3v) is 6.84. The minimum absolute atomic E-state index is 0.322. The first-order valence-electron chi connectivity index (χ1n) is 10.1. The fourth-order valence-corrected chi connectivity index (χ4v) is 5.37. The summed E-state index contributed by atoms with van der Waals surface area (Å²) in [6.07, 6.45) is 7.17. The zero-order valence-electron chi connectivity index (χ0n) is 17.1. The molecule has 2 aromatic heterocycles. The summed E-state index contributed by atoms with van der Waals surface area (Å²) in [7, 11) is 1.41. The second kappa shape index (κ2) is 9.80. The van der Waals surface area contributed by atoms with Gasteiger partial charge in [0.05, 0.1) is 19.2 Å². The van der Waals surface area contributed by atoms with Crippen LogP contribution in [0.1, 0.15) is 45.6 Å². The number of carbonyl (C=O) groups is 1. The van der Waals surface area contributed by atoms with Gasteiger partial charge in [0.2, 0.25) is 0 Å². The van der Waals surface area contributed by atoms with Crippen molar-refractivity contribution in [2.24, 2.45) is 0 Å². The molecule has 162 valence electrons. The summed E-state index contributed by atoms with van der Waals surface area (Å²) >= 11 is 13.0. The Labute approximate surface area is 195 Å². The molecule has 0 saturated carbocycles. The molecular weight excluding hydrogens is 452 g/mol. The van der Waals surface area contributed by atoms with Gasteiger partial charge >= 0.3 is 5.97 Å². The summed E-state index contributed by atoms with van der Waals surface area (Å²) in [5.74, 6) is 0.307. The van der Waals surface area contributed by atoms with Gasteiger partial charge in [-0.3, -0.25) is 4.68 Å². The highest BCUT2D eigenvalue weighted by Crippen LogP contribution is 2.38. The lowest BCUT2D eigenvalue weighted by molar-refractivity contribution is 0.0601. The molecule has 6 nitrogen and oxygen atoms in total. The van der Waals surface area contributed by atoms with Crippen LogP contribution in [-0.2, 0) is 24.1 Å². The number of thiophene rings is 1. The number of aryl methyl sites for hydroxylation is 1. The molecule has 1 aromatic carbocycles. The standard InChI is InChI=1S/C22H23ClN4O2S2/c1-29-21(28)19-16-5-3-2-4-6-17(16)31-20(19)25-22(30)24-18-11-12-27(26-18)13-14-7-9-15(23)10-8-14/h7-12H,2-6,13H2,1H3,(H2,24,25,26,30). The Morgan fingerprint density at radius 3 is 2.74 bits per heavy atom. The van der Waals surface area contributed by atoms with Gasteiger partial charge in [0.1, 0.15) is 5.00 Å². The predicted octanol–water partition coefficient (Wildman–Crippen LogP) is 5.51. The fraction of sp³-hybridized carbons (Fsp3) is 0.318. The van der Waals surface area contributed by atoms with Crippen LogP contribution in [0.25, 0.3) is 0 Å².